The van der Waals surface area contributed by atoms with Crippen molar-refractivity contribution in [1.29, 1.82) is 0 Å². The molecule has 0 aliphatic carbocycles. The van der Waals surface area contributed by atoms with Crippen LogP contribution in [0, 0.1) is 0 Å². The molecule has 0 spiro atoms. The van der Waals surface area contributed by atoms with E-state index in [4.69, 9.17) is 0 Å². The van der Waals surface area contributed by atoms with Crippen LogP contribution in [0.5, 0.6) is 0 Å². The van der Waals surface area contributed by atoms with Crippen molar-refractivity contribution >= 4 is 23.3 Å². The van der Waals surface area contributed by atoms with Crippen LogP contribution in [-0.4, -0.2) is 48.2 Å². The highest BCUT2D eigenvalue weighted by atomic mass is 16.2. The number of anilines is 1. The smallest absolute Gasteiger partial charge is 0.241 e. The van der Waals surface area contributed by atoms with Gasteiger partial charge >= 0.3 is 0 Å². The van der Waals surface area contributed by atoms with Gasteiger partial charge in [-0.1, -0.05) is 42.5 Å². The van der Waals surface area contributed by atoms with Gasteiger partial charge in [-0.25, -0.2) is 0 Å². The lowest BCUT2D eigenvalue weighted by Gasteiger charge is -2.31. The van der Waals surface area contributed by atoms with E-state index in [0.717, 1.165) is 0 Å². The molecule has 0 radical (unpaired) electrons. The van der Waals surface area contributed by atoms with E-state index in [1.54, 1.807) is 55.5 Å². The predicted molar refractivity (Wildman–Crippen MR) is 99.0 cm³/mol. The molecule has 3 rings (SSSR count). The van der Waals surface area contributed by atoms with Crippen molar-refractivity contribution < 1.29 is 14.4 Å². The molecule has 1 aliphatic heterocycles. The fourth-order valence-corrected chi connectivity index (χ4v) is 2.93. The lowest BCUT2D eigenvalue weighted by atomic mass is 10.0. The average Bonchev–Trinajstić information content (AvgIpc) is 2.68. The number of piperazine rings is 1. The zero-order chi connectivity index (χ0) is 18.5. The third kappa shape index (κ3) is 3.97. The maximum absolute atomic E-state index is 12.7. The Hall–Kier alpha value is -2.99. The maximum atomic E-state index is 12.7. The Labute approximate surface area is 152 Å². The lowest BCUT2D eigenvalue weighted by Crippen LogP contribution is -2.53. The monoisotopic (exact) mass is 351 g/mol. The fraction of sp³-hybridized carbons (Fsp3) is 0.250. The summed E-state index contributed by atoms with van der Waals surface area (Å²) < 4.78 is 0. The van der Waals surface area contributed by atoms with E-state index < -0.39 is 6.04 Å². The SMILES string of the molecule is C[C@H](C(=O)Nc1ccccc1C(=O)c1ccccc1)N1CCNC(=O)C1. The fourth-order valence-electron chi connectivity index (χ4n) is 2.93. The van der Waals surface area contributed by atoms with Crippen molar-refractivity contribution in [3.05, 3.63) is 65.7 Å². The minimum atomic E-state index is -0.471. The van der Waals surface area contributed by atoms with Gasteiger partial charge in [0.1, 0.15) is 0 Å². The van der Waals surface area contributed by atoms with Gasteiger partial charge in [0.05, 0.1) is 18.3 Å². The Morgan fingerprint density at radius 3 is 2.50 bits per heavy atom. The molecular formula is C20H21N3O3. The van der Waals surface area contributed by atoms with E-state index in [9.17, 15) is 14.4 Å². The number of rotatable bonds is 5. The molecular weight excluding hydrogens is 330 g/mol. The number of benzene rings is 2. The topological polar surface area (TPSA) is 78.5 Å². The molecule has 2 aromatic carbocycles. The van der Waals surface area contributed by atoms with Crippen LogP contribution in [0.3, 0.4) is 0 Å². The summed E-state index contributed by atoms with van der Waals surface area (Å²) in [4.78, 5) is 38.7. The van der Waals surface area contributed by atoms with E-state index in [1.165, 1.54) is 0 Å². The molecule has 1 atom stereocenters. The first-order valence-electron chi connectivity index (χ1n) is 8.56. The second-order valence-electron chi connectivity index (χ2n) is 6.23. The summed E-state index contributed by atoms with van der Waals surface area (Å²) in [6.45, 7) is 3.10. The molecule has 0 bridgehead atoms. The summed E-state index contributed by atoms with van der Waals surface area (Å²) in [6.07, 6.45) is 0. The first-order chi connectivity index (χ1) is 12.6. The number of carbonyl (C=O) groups is 3. The van der Waals surface area contributed by atoms with Crippen molar-refractivity contribution in [2.75, 3.05) is 25.0 Å². The molecule has 2 aromatic rings. The quantitative estimate of drug-likeness (QED) is 0.804. The Bertz CT molecular complexity index is 820. The second-order valence-corrected chi connectivity index (χ2v) is 6.23. The highest BCUT2D eigenvalue weighted by Gasteiger charge is 2.26. The van der Waals surface area contributed by atoms with Crippen LogP contribution < -0.4 is 10.6 Å². The molecule has 1 fully saturated rings. The second kappa shape index (κ2) is 7.93. The molecule has 1 saturated heterocycles. The van der Waals surface area contributed by atoms with Crippen LogP contribution in [-0.2, 0) is 9.59 Å². The van der Waals surface area contributed by atoms with Crippen LogP contribution >= 0.6 is 0 Å². The van der Waals surface area contributed by atoms with Gasteiger partial charge in [0.15, 0.2) is 5.78 Å². The summed E-state index contributed by atoms with van der Waals surface area (Å²) in [7, 11) is 0. The van der Waals surface area contributed by atoms with E-state index in [2.05, 4.69) is 10.6 Å². The largest absolute Gasteiger partial charge is 0.354 e. The predicted octanol–water partition coefficient (Wildman–Crippen LogP) is 1.68. The molecule has 1 aliphatic rings. The summed E-state index contributed by atoms with van der Waals surface area (Å²) in [5.74, 6) is -0.477. The maximum Gasteiger partial charge on any atom is 0.241 e. The number of hydrogen-bond acceptors (Lipinski definition) is 4. The van der Waals surface area contributed by atoms with Gasteiger partial charge < -0.3 is 10.6 Å². The first kappa shape index (κ1) is 17.8. The Balaban J connectivity index is 1.77. The van der Waals surface area contributed by atoms with Crippen LogP contribution in [0.1, 0.15) is 22.8 Å². The zero-order valence-electron chi connectivity index (χ0n) is 14.6. The highest BCUT2D eigenvalue weighted by molar-refractivity contribution is 6.14. The number of nitrogens with one attached hydrogen (secondary N) is 2. The number of carbonyl (C=O) groups excluding carboxylic acids is 3. The normalized spacial score (nSPS) is 15.8. The molecule has 0 aromatic heterocycles. The highest BCUT2D eigenvalue weighted by Crippen LogP contribution is 2.20. The third-order valence-corrected chi connectivity index (χ3v) is 4.46. The zero-order valence-corrected chi connectivity index (χ0v) is 14.6. The van der Waals surface area contributed by atoms with Crippen LogP contribution in [0.4, 0.5) is 5.69 Å². The molecule has 0 unspecified atom stereocenters. The van der Waals surface area contributed by atoms with Gasteiger partial charge in [-0.15, -0.1) is 0 Å². The minimum Gasteiger partial charge on any atom is -0.354 e. The van der Waals surface area contributed by atoms with Crippen molar-refractivity contribution in [3.8, 4) is 0 Å². The number of amides is 2. The number of hydrogen-bond donors (Lipinski definition) is 2. The number of para-hydroxylation sites is 1. The van der Waals surface area contributed by atoms with E-state index in [1.807, 2.05) is 11.0 Å². The van der Waals surface area contributed by atoms with Gasteiger partial charge in [-0.05, 0) is 19.1 Å². The lowest BCUT2D eigenvalue weighted by molar-refractivity contribution is -0.127. The summed E-state index contributed by atoms with van der Waals surface area (Å²) in [5.41, 5.74) is 1.48. The Morgan fingerprint density at radius 2 is 1.77 bits per heavy atom. The minimum absolute atomic E-state index is 0.0874. The Morgan fingerprint density at radius 1 is 1.08 bits per heavy atom. The van der Waals surface area contributed by atoms with Gasteiger partial charge in [0.2, 0.25) is 11.8 Å². The van der Waals surface area contributed by atoms with Crippen molar-refractivity contribution in [2.24, 2.45) is 0 Å². The van der Waals surface area contributed by atoms with E-state index >= 15 is 0 Å². The molecule has 6 nitrogen and oxygen atoms in total. The van der Waals surface area contributed by atoms with E-state index in [0.29, 0.717) is 29.9 Å². The number of nitrogens with zero attached hydrogens (tertiary/aromatic N) is 1. The van der Waals surface area contributed by atoms with Crippen LogP contribution in [0.25, 0.3) is 0 Å². The van der Waals surface area contributed by atoms with E-state index in [-0.39, 0.29) is 24.1 Å². The summed E-state index contributed by atoms with van der Waals surface area (Å²) in [5, 5.41) is 5.58. The third-order valence-electron chi connectivity index (χ3n) is 4.46. The molecule has 1 heterocycles. The summed E-state index contributed by atoms with van der Waals surface area (Å²) in [6, 6.07) is 15.4. The summed E-state index contributed by atoms with van der Waals surface area (Å²) >= 11 is 0. The average molecular weight is 351 g/mol. The first-order valence-corrected chi connectivity index (χ1v) is 8.56. The van der Waals surface area contributed by atoms with Gasteiger partial charge in [0.25, 0.3) is 0 Å². The molecule has 6 heteroatoms. The number of ketones is 1. The van der Waals surface area contributed by atoms with Gasteiger partial charge in [0, 0.05) is 24.2 Å². The van der Waals surface area contributed by atoms with Crippen LogP contribution in [0.15, 0.2) is 54.6 Å². The molecule has 26 heavy (non-hydrogen) atoms. The van der Waals surface area contributed by atoms with Crippen molar-refractivity contribution in [1.82, 2.24) is 10.2 Å². The molecule has 2 amide bonds. The molecule has 134 valence electrons. The van der Waals surface area contributed by atoms with Crippen LogP contribution in [0.2, 0.25) is 0 Å². The molecule has 0 saturated carbocycles. The standard InChI is InChI=1S/C20H21N3O3/c1-14(23-12-11-21-18(24)13-23)20(26)22-17-10-6-5-9-16(17)19(25)15-7-3-2-4-8-15/h2-10,14H,11-13H2,1H3,(H,21,24)(H,22,26)/t14-/m1/s1. The van der Waals surface area contributed by atoms with Gasteiger partial charge in [-0.3, -0.25) is 19.3 Å². The van der Waals surface area contributed by atoms with Crippen molar-refractivity contribution in [3.63, 3.8) is 0 Å². The molecule has 2 N–H and O–H groups in total. The van der Waals surface area contributed by atoms with Gasteiger partial charge in [-0.2, -0.15) is 0 Å². The Kier molecular flexibility index (Phi) is 5.43. The van der Waals surface area contributed by atoms with Crippen molar-refractivity contribution in [2.45, 2.75) is 13.0 Å².